The summed E-state index contributed by atoms with van der Waals surface area (Å²) in [6.07, 6.45) is 1.19. The van der Waals surface area contributed by atoms with E-state index >= 15 is 0 Å². The Kier molecular flexibility index (Phi) is 7.71. The van der Waals surface area contributed by atoms with Gasteiger partial charge in [-0.2, -0.15) is 0 Å². The van der Waals surface area contributed by atoms with Crippen molar-refractivity contribution < 1.29 is 23.8 Å². The number of carbonyl (C=O) groups is 2. The van der Waals surface area contributed by atoms with Gasteiger partial charge in [0.15, 0.2) is 11.5 Å². The second kappa shape index (κ2) is 10.5. The lowest BCUT2D eigenvalue weighted by Gasteiger charge is -2.27. The summed E-state index contributed by atoms with van der Waals surface area (Å²) < 4.78 is 16.6. The number of amides is 2. The number of nitrogens with zero attached hydrogens (tertiary/aromatic N) is 2. The normalized spacial score (nSPS) is 14.0. The molecule has 1 aliphatic heterocycles. The first kappa shape index (κ1) is 23.6. The lowest BCUT2D eigenvalue weighted by Crippen LogP contribution is -2.34. The van der Waals surface area contributed by atoms with Gasteiger partial charge in [-0.25, -0.2) is 0 Å². The van der Waals surface area contributed by atoms with Crippen LogP contribution in [-0.2, 0) is 0 Å². The molecule has 2 aromatic carbocycles. The summed E-state index contributed by atoms with van der Waals surface area (Å²) in [5.41, 5.74) is 7.20. The van der Waals surface area contributed by atoms with Gasteiger partial charge in [0.05, 0.1) is 31.4 Å². The Labute approximate surface area is 188 Å². The van der Waals surface area contributed by atoms with Gasteiger partial charge < -0.3 is 24.8 Å². The minimum atomic E-state index is -0.486. The molecule has 0 saturated heterocycles. The van der Waals surface area contributed by atoms with Crippen molar-refractivity contribution in [3.05, 3.63) is 53.1 Å². The van der Waals surface area contributed by atoms with Crippen molar-refractivity contribution >= 4 is 11.8 Å². The van der Waals surface area contributed by atoms with Gasteiger partial charge in [0, 0.05) is 6.54 Å². The van der Waals surface area contributed by atoms with E-state index in [2.05, 4.69) is 0 Å². The fourth-order valence-corrected chi connectivity index (χ4v) is 3.83. The average Bonchev–Trinajstić information content (AvgIpc) is 3.04. The van der Waals surface area contributed by atoms with E-state index in [9.17, 15) is 9.59 Å². The molecule has 0 aromatic heterocycles. The van der Waals surface area contributed by atoms with Crippen LogP contribution in [0.3, 0.4) is 0 Å². The summed E-state index contributed by atoms with van der Waals surface area (Å²) in [5.74, 6) is 0.844. The number of imide groups is 1. The number of ether oxygens (including phenoxy) is 3. The zero-order valence-corrected chi connectivity index (χ0v) is 19.1. The fourth-order valence-electron chi connectivity index (χ4n) is 3.83. The van der Waals surface area contributed by atoms with Crippen LogP contribution >= 0.6 is 0 Å². The Hall–Kier alpha value is -3.10. The number of hydrogen-bond acceptors (Lipinski definition) is 7. The van der Waals surface area contributed by atoms with Gasteiger partial charge in [-0.15, -0.1) is 0 Å². The number of methoxy groups -OCH3 is 2. The van der Waals surface area contributed by atoms with Gasteiger partial charge in [-0.3, -0.25) is 14.5 Å². The van der Waals surface area contributed by atoms with Crippen molar-refractivity contribution in [1.29, 1.82) is 0 Å². The van der Waals surface area contributed by atoms with Crippen molar-refractivity contribution in [2.45, 2.75) is 18.9 Å². The number of likely N-dealkylation sites (N-methyl/N-ethyl adjacent to an activating group) is 1. The predicted octanol–water partition coefficient (Wildman–Crippen LogP) is 2.72. The van der Waals surface area contributed by atoms with Crippen molar-refractivity contribution in [1.82, 2.24) is 9.80 Å². The maximum atomic E-state index is 13.5. The van der Waals surface area contributed by atoms with Crippen molar-refractivity contribution in [3.63, 3.8) is 0 Å². The highest BCUT2D eigenvalue weighted by atomic mass is 16.5. The molecule has 1 aliphatic rings. The van der Waals surface area contributed by atoms with Crippen LogP contribution in [0.15, 0.2) is 36.4 Å². The van der Waals surface area contributed by atoms with Crippen LogP contribution in [-0.4, -0.2) is 69.6 Å². The summed E-state index contributed by atoms with van der Waals surface area (Å²) >= 11 is 0. The molecule has 0 bridgehead atoms. The molecule has 3 rings (SSSR count). The SMILES string of the molecule is COc1ccc(C(CCCN)N2C(=O)c3cccc(OCCN(C)C)c3C2=O)cc1OC. The van der Waals surface area contributed by atoms with Gasteiger partial charge in [-0.05, 0) is 63.3 Å². The summed E-state index contributed by atoms with van der Waals surface area (Å²) in [6.45, 7) is 1.56. The molecule has 8 nitrogen and oxygen atoms in total. The molecule has 0 aliphatic carbocycles. The van der Waals surface area contributed by atoms with Gasteiger partial charge >= 0.3 is 0 Å². The minimum Gasteiger partial charge on any atom is -0.493 e. The summed E-state index contributed by atoms with van der Waals surface area (Å²) in [6, 6.07) is 10.1. The zero-order valence-electron chi connectivity index (χ0n) is 19.1. The molecule has 0 saturated carbocycles. The molecule has 172 valence electrons. The Morgan fingerprint density at radius 1 is 1.00 bits per heavy atom. The van der Waals surface area contributed by atoms with E-state index in [1.54, 1.807) is 44.6 Å². The third kappa shape index (κ3) is 4.71. The lowest BCUT2D eigenvalue weighted by atomic mass is 9.99. The van der Waals surface area contributed by atoms with E-state index in [1.165, 1.54) is 4.90 Å². The Balaban J connectivity index is 1.97. The van der Waals surface area contributed by atoms with Gasteiger partial charge in [0.25, 0.3) is 11.8 Å². The molecule has 2 N–H and O–H groups in total. The summed E-state index contributed by atoms with van der Waals surface area (Å²) in [4.78, 5) is 30.2. The Morgan fingerprint density at radius 3 is 2.41 bits per heavy atom. The number of fused-ring (bicyclic) bond motifs is 1. The Morgan fingerprint density at radius 2 is 1.75 bits per heavy atom. The highest BCUT2D eigenvalue weighted by Gasteiger charge is 2.42. The quantitative estimate of drug-likeness (QED) is 0.536. The molecule has 32 heavy (non-hydrogen) atoms. The average molecular weight is 442 g/mol. The highest BCUT2D eigenvalue weighted by molar-refractivity contribution is 6.22. The molecule has 1 heterocycles. The summed E-state index contributed by atoms with van der Waals surface area (Å²) in [7, 11) is 7.00. The van der Waals surface area contributed by atoms with E-state index < -0.39 is 6.04 Å². The van der Waals surface area contributed by atoms with Gasteiger partial charge in [0.1, 0.15) is 12.4 Å². The maximum Gasteiger partial charge on any atom is 0.265 e. The molecule has 1 unspecified atom stereocenters. The molecular weight excluding hydrogens is 410 g/mol. The third-order valence-corrected chi connectivity index (χ3v) is 5.49. The van der Waals surface area contributed by atoms with E-state index in [1.807, 2.05) is 25.1 Å². The van der Waals surface area contributed by atoms with Crippen LogP contribution in [0.5, 0.6) is 17.2 Å². The first-order valence-corrected chi connectivity index (χ1v) is 10.6. The molecule has 8 heteroatoms. The smallest absolute Gasteiger partial charge is 0.265 e. The molecule has 0 spiro atoms. The molecular formula is C24H31N3O5. The van der Waals surface area contributed by atoms with E-state index in [0.717, 1.165) is 5.56 Å². The first-order valence-electron chi connectivity index (χ1n) is 10.6. The van der Waals surface area contributed by atoms with Gasteiger partial charge in [0.2, 0.25) is 0 Å². The van der Waals surface area contributed by atoms with Crippen LogP contribution in [0.2, 0.25) is 0 Å². The maximum absolute atomic E-state index is 13.5. The minimum absolute atomic E-state index is 0.314. The predicted molar refractivity (Wildman–Crippen MR) is 122 cm³/mol. The van der Waals surface area contributed by atoms with E-state index in [-0.39, 0.29) is 11.8 Å². The van der Waals surface area contributed by atoms with E-state index in [0.29, 0.717) is 60.9 Å². The van der Waals surface area contributed by atoms with Crippen LogP contribution in [0.25, 0.3) is 0 Å². The first-order chi connectivity index (χ1) is 15.4. The molecule has 0 radical (unpaired) electrons. The monoisotopic (exact) mass is 441 g/mol. The largest absolute Gasteiger partial charge is 0.493 e. The van der Waals surface area contributed by atoms with Crippen LogP contribution in [0.4, 0.5) is 0 Å². The lowest BCUT2D eigenvalue weighted by molar-refractivity contribution is 0.0571. The number of hydrogen-bond donors (Lipinski definition) is 1. The standard InChI is InChI=1S/C24H31N3O5/c1-26(2)13-14-32-20-9-5-7-17-22(20)24(29)27(23(17)28)18(8-6-12-25)16-10-11-19(30-3)21(15-16)31-4/h5,7,9-11,15,18H,6,8,12-14,25H2,1-4H3. The Bertz CT molecular complexity index is 976. The number of nitrogens with two attached hydrogens (primary N) is 1. The fraction of sp³-hybridized carbons (Fsp3) is 0.417. The van der Waals surface area contributed by atoms with Crippen molar-refractivity contribution in [2.24, 2.45) is 5.73 Å². The van der Waals surface area contributed by atoms with Crippen LogP contribution in [0, 0.1) is 0 Å². The number of rotatable bonds is 11. The second-order valence-corrected chi connectivity index (χ2v) is 7.87. The zero-order chi connectivity index (χ0) is 23.3. The number of carbonyl (C=O) groups excluding carboxylic acids is 2. The van der Waals surface area contributed by atoms with Crippen molar-refractivity contribution in [3.8, 4) is 17.2 Å². The van der Waals surface area contributed by atoms with Crippen molar-refractivity contribution in [2.75, 3.05) is 48.0 Å². The number of benzene rings is 2. The molecule has 0 fully saturated rings. The second-order valence-electron chi connectivity index (χ2n) is 7.87. The third-order valence-electron chi connectivity index (χ3n) is 5.49. The van der Waals surface area contributed by atoms with Gasteiger partial charge in [-0.1, -0.05) is 12.1 Å². The molecule has 1 atom stereocenters. The molecule has 2 aromatic rings. The molecule has 2 amide bonds. The van der Waals surface area contributed by atoms with Crippen LogP contribution in [0.1, 0.15) is 45.2 Å². The van der Waals surface area contributed by atoms with Crippen LogP contribution < -0.4 is 19.9 Å². The summed E-state index contributed by atoms with van der Waals surface area (Å²) in [5, 5.41) is 0. The topological polar surface area (TPSA) is 94.3 Å². The van der Waals surface area contributed by atoms with E-state index in [4.69, 9.17) is 19.9 Å². The highest BCUT2D eigenvalue weighted by Crippen LogP contribution is 2.40.